The van der Waals surface area contributed by atoms with Crippen LogP contribution in [0.25, 0.3) is 10.2 Å². The quantitative estimate of drug-likeness (QED) is 0.599. The van der Waals surface area contributed by atoms with Gasteiger partial charge in [0, 0.05) is 29.3 Å². The summed E-state index contributed by atoms with van der Waals surface area (Å²) in [6.45, 7) is 4.71. The van der Waals surface area contributed by atoms with Gasteiger partial charge in [-0.2, -0.15) is 0 Å². The van der Waals surface area contributed by atoms with Gasteiger partial charge in [-0.15, -0.1) is 11.3 Å². The highest BCUT2D eigenvalue weighted by molar-refractivity contribution is 7.19. The van der Waals surface area contributed by atoms with Gasteiger partial charge in [0.2, 0.25) is 0 Å². The summed E-state index contributed by atoms with van der Waals surface area (Å²) in [6.07, 6.45) is 10.6. The molecule has 0 unspecified atom stereocenters. The van der Waals surface area contributed by atoms with Gasteiger partial charge in [0.05, 0.1) is 5.39 Å². The van der Waals surface area contributed by atoms with Crippen molar-refractivity contribution in [3.8, 4) is 0 Å². The van der Waals surface area contributed by atoms with Crippen molar-refractivity contribution in [1.29, 1.82) is 0 Å². The van der Waals surface area contributed by atoms with Gasteiger partial charge in [0.25, 0.3) is 0 Å². The Morgan fingerprint density at radius 3 is 2.61 bits per heavy atom. The zero-order chi connectivity index (χ0) is 18.9. The van der Waals surface area contributed by atoms with E-state index >= 15 is 0 Å². The van der Waals surface area contributed by atoms with Crippen LogP contribution in [-0.4, -0.2) is 23.1 Å². The molecule has 2 aliphatic rings. The molecule has 1 fully saturated rings. The molecule has 146 valence electrons. The summed E-state index contributed by atoms with van der Waals surface area (Å²) < 4.78 is 0. The van der Waals surface area contributed by atoms with Crippen molar-refractivity contribution in [3.05, 3.63) is 41.0 Å². The third kappa shape index (κ3) is 3.48. The monoisotopic (exact) mass is 392 g/mol. The summed E-state index contributed by atoms with van der Waals surface area (Å²) in [7, 11) is 0. The van der Waals surface area contributed by atoms with Crippen LogP contribution in [0.2, 0.25) is 0 Å². The van der Waals surface area contributed by atoms with Crippen LogP contribution in [0.3, 0.4) is 0 Å². The second-order valence-electron chi connectivity index (χ2n) is 8.33. The molecule has 5 heteroatoms. The molecule has 1 N–H and O–H groups in total. The van der Waals surface area contributed by atoms with Crippen molar-refractivity contribution >= 4 is 38.7 Å². The van der Waals surface area contributed by atoms with Gasteiger partial charge in [-0.1, -0.05) is 19.8 Å². The number of fused-ring (bicyclic) bond motifs is 3. The van der Waals surface area contributed by atoms with Crippen LogP contribution in [0.15, 0.2) is 30.6 Å². The summed E-state index contributed by atoms with van der Waals surface area (Å²) in [6, 6.07) is 8.87. The topological polar surface area (TPSA) is 41.1 Å². The molecule has 5 rings (SSSR count). The van der Waals surface area contributed by atoms with Crippen molar-refractivity contribution in [2.24, 2.45) is 5.92 Å². The van der Waals surface area contributed by atoms with Crippen molar-refractivity contribution in [2.45, 2.75) is 51.9 Å². The first-order chi connectivity index (χ1) is 13.8. The van der Waals surface area contributed by atoms with Crippen molar-refractivity contribution < 1.29 is 0 Å². The largest absolute Gasteiger partial charge is 0.372 e. The van der Waals surface area contributed by atoms with Gasteiger partial charge >= 0.3 is 0 Å². The molecule has 1 aromatic carbocycles. The summed E-state index contributed by atoms with van der Waals surface area (Å²) in [5.74, 6) is 1.73. The molecule has 3 heterocycles. The van der Waals surface area contributed by atoms with E-state index in [1.54, 1.807) is 6.33 Å². The number of benzene rings is 1. The number of thiophene rings is 1. The minimum Gasteiger partial charge on any atom is -0.372 e. The Hall–Kier alpha value is -2.14. The highest BCUT2D eigenvalue weighted by Gasteiger charge is 2.23. The Morgan fingerprint density at radius 1 is 1.04 bits per heavy atom. The van der Waals surface area contributed by atoms with Gasteiger partial charge in [-0.3, -0.25) is 0 Å². The van der Waals surface area contributed by atoms with Crippen molar-refractivity contribution in [3.63, 3.8) is 0 Å². The van der Waals surface area contributed by atoms with Crippen LogP contribution in [0, 0.1) is 5.92 Å². The van der Waals surface area contributed by atoms with Gasteiger partial charge in [0.15, 0.2) is 0 Å². The number of hydrogen-bond donors (Lipinski definition) is 1. The fraction of sp³-hybridized carbons (Fsp3) is 0.478. The third-order valence-corrected chi connectivity index (χ3v) is 7.36. The van der Waals surface area contributed by atoms with Gasteiger partial charge < -0.3 is 10.2 Å². The number of aromatic nitrogens is 2. The van der Waals surface area contributed by atoms with Gasteiger partial charge in [-0.25, -0.2) is 9.97 Å². The SMILES string of the molecule is C[C@H]1CCc2c(sc3ncnc(Nc4ccc(N5CCCCCC5)cc4)c23)C1. The zero-order valence-corrected chi connectivity index (χ0v) is 17.4. The van der Waals surface area contributed by atoms with Crippen LogP contribution in [0.1, 0.15) is 49.5 Å². The first-order valence-corrected chi connectivity index (χ1v) is 11.5. The number of nitrogens with one attached hydrogen (secondary N) is 1. The number of hydrogen-bond acceptors (Lipinski definition) is 5. The standard InChI is InChI=1S/C23H28N4S/c1-16-6-11-19-20(14-16)28-23-21(19)22(24-15-25-23)26-17-7-9-18(10-8-17)27-12-4-2-3-5-13-27/h7-10,15-16H,2-6,11-14H2,1H3,(H,24,25,26)/t16-/m0/s1. The predicted octanol–water partition coefficient (Wildman–Crippen LogP) is 5.94. The second-order valence-corrected chi connectivity index (χ2v) is 9.41. The highest BCUT2D eigenvalue weighted by Crippen LogP contribution is 2.40. The van der Waals surface area contributed by atoms with Crippen LogP contribution < -0.4 is 10.2 Å². The van der Waals surface area contributed by atoms with Crippen LogP contribution in [0.4, 0.5) is 17.2 Å². The zero-order valence-electron chi connectivity index (χ0n) is 16.6. The fourth-order valence-electron chi connectivity index (χ4n) is 4.59. The Labute approximate surface area is 171 Å². The molecule has 0 radical (unpaired) electrons. The normalized spacial score (nSPS) is 20.0. The molecule has 2 aromatic heterocycles. The van der Waals surface area contributed by atoms with E-state index in [4.69, 9.17) is 0 Å². The lowest BCUT2D eigenvalue weighted by Crippen LogP contribution is -2.23. The Morgan fingerprint density at radius 2 is 1.82 bits per heavy atom. The molecule has 0 saturated carbocycles. The Balaban J connectivity index is 1.41. The van der Waals surface area contributed by atoms with Gasteiger partial charge in [-0.05, 0) is 67.9 Å². The van der Waals surface area contributed by atoms with E-state index in [0.717, 1.165) is 28.7 Å². The Kier molecular flexibility index (Phi) is 4.93. The second kappa shape index (κ2) is 7.70. The average Bonchev–Trinajstić information content (AvgIpc) is 2.88. The summed E-state index contributed by atoms with van der Waals surface area (Å²) >= 11 is 1.85. The molecule has 28 heavy (non-hydrogen) atoms. The van der Waals surface area contributed by atoms with Crippen molar-refractivity contribution in [1.82, 2.24) is 9.97 Å². The molecule has 1 aliphatic heterocycles. The molecule has 0 spiro atoms. The molecular formula is C23H28N4S. The summed E-state index contributed by atoms with van der Waals surface area (Å²) in [4.78, 5) is 14.3. The number of nitrogens with zero attached hydrogens (tertiary/aromatic N) is 3. The summed E-state index contributed by atoms with van der Waals surface area (Å²) in [5.41, 5.74) is 3.91. The first kappa shape index (κ1) is 17.9. The van der Waals surface area contributed by atoms with E-state index in [2.05, 4.69) is 51.4 Å². The number of aryl methyl sites for hydroxylation is 1. The molecule has 0 amide bonds. The molecule has 0 bridgehead atoms. The average molecular weight is 393 g/mol. The maximum Gasteiger partial charge on any atom is 0.142 e. The van der Waals surface area contributed by atoms with E-state index in [1.807, 2.05) is 11.3 Å². The third-order valence-electron chi connectivity index (χ3n) is 6.19. The molecule has 4 nitrogen and oxygen atoms in total. The van der Waals surface area contributed by atoms with Crippen molar-refractivity contribution in [2.75, 3.05) is 23.3 Å². The lowest BCUT2D eigenvalue weighted by molar-refractivity contribution is 0.509. The molecule has 1 saturated heterocycles. The lowest BCUT2D eigenvalue weighted by atomic mass is 9.89. The highest BCUT2D eigenvalue weighted by atomic mass is 32.1. The minimum atomic E-state index is 0.775. The molecule has 1 aliphatic carbocycles. The lowest BCUT2D eigenvalue weighted by Gasteiger charge is -2.23. The van der Waals surface area contributed by atoms with E-state index in [0.29, 0.717) is 0 Å². The maximum atomic E-state index is 4.60. The Bertz CT molecular complexity index is 955. The van der Waals surface area contributed by atoms with Crippen LogP contribution in [0.5, 0.6) is 0 Å². The van der Waals surface area contributed by atoms with E-state index in [9.17, 15) is 0 Å². The fourth-order valence-corrected chi connectivity index (χ4v) is 5.94. The molecular weight excluding hydrogens is 364 g/mol. The maximum absolute atomic E-state index is 4.60. The number of anilines is 3. The van der Waals surface area contributed by atoms with E-state index in [-0.39, 0.29) is 0 Å². The minimum absolute atomic E-state index is 0.775. The smallest absolute Gasteiger partial charge is 0.142 e. The van der Waals surface area contributed by atoms with Gasteiger partial charge in [0.1, 0.15) is 17.0 Å². The van der Waals surface area contributed by atoms with E-state index < -0.39 is 0 Å². The van der Waals surface area contributed by atoms with E-state index in [1.165, 1.54) is 73.1 Å². The molecule has 3 aromatic rings. The first-order valence-electron chi connectivity index (χ1n) is 10.7. The van der Waals surface area contributed by atoms with Crippen LogP contribution in [-0.2, 0) is 12.8 Å². The predicted molar refractivity (Wildman–Crippen MR) is 119 cm³/mol. The summed E-state index contributed by atoms with van der Waals surface area (Å²) in [5, 5.41) is 4.82. The molecule has 1 atom stereocenters. The number of rotatable bonds is 3. The van der Waals surface area contributed by atoms with Crippen LogP contribution >= 0.6 is 11.3 Å².